The van der Waals surface area contributed by atoms with Crippen LogP contribution in [-0.2, 0) is 0 Å². The van der Waals surface area contributed by atoms with Crippen LogP contribution >= 0.6 is 27.5 Å². The van der Waals surface area contributed by atoms with E-state index in [1.807, 2.05) is 30.3 Å². The Hall–Kier alpha value is -0.270. The van der Waals surface area contributed by atoms with Crippen molar-refractivity contribution in [3.05, 3.63) is 47.0 Å². The molecule has 0 amide bonds. The summed E-state index contributed by atoms with van der Waals surface area (Å²) in [6.45, 7) is 3.65. The lowest BCUT2D eigenvalue weighted by molar-refractivity contribution is 0.957. The van der Waals surface area contributed by atoms with Crippen molar-refractivity contribution < 1.29 is 0 Å². The second kappa shape index (κ2) is 4.68. The Balaban J connectivity index is 2.80. The quantitative estimate of drug-likeness (QED) is 0.550. The monoisotopic (exact) mass is 244 g/mol. The molecule has 1 aromatic rings. The van der Waals surface area contributed by atoms with E-state index < -0.39 is 0 Å². The SMILES string of the molecule is C=CCC(Cl)c1cccc(Br)c1. The van der Waals surface area contributed by atoms with E-state index in [2.05, 4.69) is 22.5 Å². The average molecular weight is 246 g/mol. The van der Waals surface area contributed by atoms with Gasteiger partial charge in [-0.1, -0.05) is 34.1 Å². The van der Waals surface area contributed by atoms with E-state index in [-0.39, 0.29) is 5.38 Å². The Morgan fingerprint density at radius 2 is 2.33 bits per heavy atom. The zero-order valence-electron chi connectivity index (χ0n) is 6.63. The van der Waals surface area contributed by atoms with Gasteiger partial charge in [0.1, 0.15) is 0 Å². The van der Waals surface area contributed by atoms with Crippen LogP contribution in [0.5, 0.6) is 0 Å². The molecule has 0 aliphatic heterocycles. The second-order valence-electron chi connectivity index (χ2n) is 2.55. The van der Waals surface area contributed by atoms with Gasteiger partial charge in [-0.25, -0.2) is 0 Å². The van der Waals surface area contributed by atoms with Gasteiger partial charge in [0.15, 0.2) is 0 Å². The molecule has 0 N–H and O–H groups in total. The maximum atomic E-state index is 6.09. The lowest BCUT2D eigenvalue weighted by atomic mass is 10.1. The smallest absolute Gasteiger partial charge is 0.0619 e. The molecule has 0 radical (unpaired) electrons. The van der Waals surface area contributed by atoms with Crippen molar-refractivity contribution in [2.45, 2.75) is 11.8 Å². The maximum absolute atomic E-state index is 6.09. The average Bonchev–Trinajstić information content (AvgIpc) is 2.05. The van der Waals surface area contributed by atoms with Crippen molar-refractivity contribution >= 4 is 27.5 Å². The summed E-state index contributed by atoms with van der Waals surface area (Å²) >= 11 is 9.48. The van der Waals surface area contributed by atoms with E-state index >= 15 is 0 Å². The van der Waals surface area contributed by atoms with Crippen molar-refractivity contribution in [3.8, 4) is 0 Å². The molecule has 0 saturated heterocycles. The first-order valence-corrected chi connectivity index (χ1v) is 4.97. The zero-order chi connectivity index (χ0) is 8.97. The lowest BCUT2D eigenvalue weighted by Gasteiger charge is -2.06. The van der Waals surface area contributed by atoms with E-state index in [4.69, 9.17) is 11.6 Å². The Bertz CT molecular complexity index is 270. The molecule has 12 heavy (non-hydrogen) atoms. The summed E-state index contributed by atoms with van der Waals surface area (Å²) in [6, 6.07) is 8.02. The van der Waals surface area contributed by atoms with E-state index in [0.717, 1.165) is 16.5 Å². The van der Waals surface area contributed by atoms with Crippen LogP contribution < -0.4 is 0 Å². The fraction of sp³-hybridized carbons (Fsp3) is 0.200. The maximum Gasteiger partial charge on any atom is 0.0619 e. The third-order valence-corrected chi connectivity index (χ3v) is 2.51. The molecule has 0 spiro atoms. The minimum Gasteiger partial charge on any atom is -0.117 e. The normalized spacial score (nSPS) is 12.5. The first-order valence-electron chi connectivity index (χ1n) is 3.74. The number of rotatable bonds is 3. The van der Waals surface area contributed by atoms with E-state index in [1.165, 1.54) is 0 Å². The van der Waals surface area contributed by atoms with Crippen LogP contribution in [0.4, 0.5) is 0 Å². The highest BCUT2D eigenvalue weighted by Crippen LogP contribution is 2.26. The van der Waals surface area contributed by atoms with Crippen molar-refractivity contribution in [3.63, 3.8) is 0 Å². The third-order valence-electron chi connectivity index (χ3n) is 1.58. The van der Waals surface area contributed by atoms with Crippen molar-refractivity contribution in [2.75, 3.05) is 0 Å². The van der Waals surface area contributed by atoms with Gasteiger partial charge in [0, 0.05) is 4.47 Å². The molecule has 0 fully saturated rings. The van der Waals surface area contributed by atoms with Gasteiger partial charge in [-0.15, -0.1) is 18.2 Å². The molecule has 0 nitrogen and oxygen atoms in total. The first kappa shape index (κ1) is 9.82. The highest BCUT2D eigenvalue weighted by molar-refractivity contribution is 9.10. The minimum absolute atomic E-state index is 0.0417. The summed E-state index contributed by atoms with van der Waals surface area (Å²) in [5, 5.41) is 0.0417. The van der Waals surface area contributed by atoms with E-state index in [1.54, 1.807) is 0 Å². The zero-order valence-corrected chi connectivity index (χ0v) is 8.98. The predicted octanol–water partition coefficient (Wildman–Crippen LogP) is 4.31. The molecular weight excluding hydrogens is 235 g/mol. The van der Waals surface area contributed by atoms with Crippen molar-refractivity contribution in [1.82, 2.24) is 0 Å². The van der Waals surface area contributed by atoms with Crippen LogP contribution in [0, 0.1) is 0 Å². The summed E-state index contributed by atoms with van der Waals surface area (Å²) in [5.74, 6) is 0. The molecule has 0 aliphatic carbocycles. The van der Waals surface area contributed by atoms with Gasteiger partial charge >= 0.3 is 0 Å². The van der Waals surface area contributed by atoms with Crippen LogP contribution in [0.1, 0.15) is 17.4 Å². The van der Waals surface area contributed by atoms with Crippen LogP contribution in [0.3, 0.4) is 0 Å². The van der Waals surface area contributed by atoms with Crippen LogP contribution in [0.2, 0.25) is 0 Å². The van der Waals surface area contributed by atoms with Crippen LogP contribution in [0.15, 0.2) is 41.4 Å². The Labute approximate surface area is 86.4 Å². The standard InChI is InChI=1S/C10H10BrCl/c1-2-4-10(12)8-5-3-6-9(11)7-8/h2-3,5-7,10H,1,4H2. The number of allylic oxidation sites excluding steroid dienone is 1. The van der Waals surface area contributed by atoms with E-state index in [0.29, 0.717) is 0 Å². The highest BCUT2D eigenvalue weighted by Gasteiger charge is 2.04. The summed E-state index contributed by atoms with van der Waals surface area (Å²) in [5.41, 5.74) is 1.13. The third kappa shape index (κ3) is 2.65. The Morgan fingerprint density at radius 1 is 1.58 bits per heavy atom. The molecule has 0 aromatic heterocycles. The molecule has 0 bridgehead atoms. The largest absolute Gasteiger partial charge is 0.117 e. The van der Waals surface area contributed by atoms with Gasteiger partial charge in [0.2, 0.25) is 0 Å². The predicted molar refractivity (Wildman–Crippen MR) is 57.6 cm³/mol. The molecular formula is C10H10BrCl. The second-order valence-corrected chi connectivity index (χ2v) is 3.99. The summed E-state index contributed by atoms with van der Waals surface area (Å²) in [7, 11) is 0. The van der Waals surface area contributed by atoms with Gasteiger partial charge in [-0.3, -0.25) is 0 Å². The molecule has 0 heterocycles. The molecule has 1 rings (SSSR count). The molecule has 1 aromatic carbocycles. The number of halogens is 2. The first-order chi connectivity index (χ1) is 5.74. The Kier molecular flexibility index (Phi) is 3.83. The molecule has 1 atom stereocenters. The number of hydrogen-bond donors (Lipinski definition) is 0. The number of hydrogen-bond acceptors (Lipinski definition) is 0. The van der Waals surface area contributed by atoms with Crippen molar-refractivity contribution in [1.29, 1.82) is 0 Å². The fourth-order valence-corrected chi connectivity index (χ4v) is 1.66. The van der Waals surface area contributed by atoms with Crippen molar-refractivity contribution in [2.24, 2.45) is 0 Å². The van der Waals surface area contributed by atoms with Gasteiger partial charge < -0.3 is 0 Å². The summed E-state index contributed by atoms with van der Waals surface area (Å²) in [6.07, 6.45) is 2.64. The summed E-state index contributed by atoms with van der Waals surface area (Å²) < 4.78 is 1.06. The highest BCUT2D eigenvalue weighted by atomic mass is 79.9. The lowest BCUT2D eigenvalue weighted by Crippen LogP contribution is -1.87. The fourth-order valence-electron chi connectivity index (χ4n) is 0.984. The molecule has 0 aliphatic rings. The molecule has 64 valence electrons. The molecule has 0 saturated carbocycles. The van der Waals surface area contributed by atoms with Gasteiger partial charge in [0.05, 0.1) is 5.38 Å². The number of alkyl halides is 1. The minimum atomic E-state index is 0.0417. The van der Waals surface area contributed by atoms with Gasteiger partial charge in [-0.05, 0) is 24.1 Å². The van der Waals surface area contributed by atoms with E-state index in [9.17, 15) is 0 Å². The summed E-state index contributed by atoms with van der Waals surface area (Å²) in [4.78, 5) is 0. The van der Waals surface area contributed by atoms with Gasteiger partial charge in [0.25, 0.3) is 0 Å². The Morgan fingerprint density at radius 3 is 2.92 bits per heavy atom. The molecule has 2 heteroatoms. The van der Waals surface area contributed by atoms with Crippen LogP contribution in [0.25, 0.3) is 0 Å². The van der Waals surface area contributed by atoms with Crippen LogP contribution in [-0.4, -0.2) is 0 Å². The van der Waals surface area contributed by atoms with Gasteiger partial charge in [-0.2, -0.15) is 0 Å². The number of benzene rings is 1. The molecule has 1 unspecified atom stereocenters. The topological polar surface area (TPSA) is 0 Å².